The maximum Gasteiger partial charge on any atom is 0.303 e. The Balaban J connectivity index is 1.39. The fraction of sp³-hybridized carbons (Fsp3) is 0.455. The van der Waals surface area contributed by atoms with Crippen LogP contribution < -0.4 is 9.80 Å². The lowest BCUT2D eigenvalue weighted by Gasteiger charge is -2.27. The number of aliphatic carboxylic acids is 1. The van der Waals surface area contributed by atoms with Crippen molar-refractivity contribution in [2.45, 2.75) is 104 Å². The van der Waals surface area contributed by atoms with Crippen LogP contribution in [0.25, 0.3) is 11.1 Å². The molecule has 0 saturated heterocycles. The van der Waals surface area contributed by atoms with E-state index in [1.165, 1.54) is 61.9 Å². The van der Waals surface area contributed by atoms with E-state index < -0.39 is 5.97 Å². The maximum absolute atomic E-state index is 11.2. The number of carboxylic acid groups (broad SMARTS) is 1. The molecule has 3 aliphatic rings. The van der Waals surface area contributed by atoms with Gasteiger partial charge in [0.25, 0.3) is 0 Å². The molecule has 3 aromatic carbocycles. The fourth-order valence-corrected chi connectivity index (χ4v) is 8.85. The summed E-state index contributed by atoms with van der Waals surface area (Å²) in [5.74, 6) is -0.712. The Hall–Kier alpha value is -4.12. The average molecular weight is 659 g/mol. The third-order valence-electron chi connectivity index (χ3n) is 11.7. The standard InChI is InChI=1S/C44H55N3O2/c1-10-45(11-2)30-24-25-37-35(27-30)43(6,7)39(46(37)12-3)21-18-22-40-44(8,9)36-28-32-31-19-15-16-20-33(31)42(4,5)34(32)29-38(36)47(40)26-17-13-14-23-41(48)49/h15-16,18-22,24-25,27-29H,10-14,17,23,26H2,1-9H3/p+1. The number of carboxylic acids is 1. The normalized spacial score (nSPS) is 18.6. The van der Waals surface area contributed by atoms with Gasteiger partial charge in [-0.2, -0.15) is 4.58 Å². The van der Waals surface area contributed by atoms with Crippen LogP contribution in [0.3, 0.4) is 0 Å². The summed E-state index contributed by atoms with van der Waals surface area (Å²) < 4.78 is 2.48. The second-order valence-corrected chi connectivity index (χ2v) is 15.6. The van der Waals surface area contributed by atoms with E-state index >= 15 is 0 Å². The van der Waals surface area contributed by atoms with Crippen molar-refractivity contribution in [1.29, 1.82) is 0 Å². The topological polar surface area (TPSA) is 46.8 Å². The second kappa shape index (κ2) is 13.0. The van der Waals surface area contributed by atoms with Gasteiger partial charge in [0.2, 0.25) is 5.69 Å². The van der Waals surface area contributed by atoms with Gasteiger partial charge in [0, 0.05) is 71.7 Å². The van der Waals surface area contributed by atoms with Crippen LogP contribution in [0.1, 0.15) is 110 Å². The lowest BCUT2D eigenvalue weighted by molar-refractivity contribution is -0.433. The first-order chi connectivity index (χ1) is 23.3. The smallest absolute Gasteiger partial charge is 0.303 e. The number of hydrogen-bond acceptors (Lipinski definition) is 3. The molecule has 2 aliphatic heterocycles. The molecule has 0 saturated carbocycles. The quantitative estimate of drug-likeness (QED) is 0.155. The zero-order valence-corrected chi connectivity index (χ0v) is 31.3. The minimum atomic E-state index is -0.712. The number of carbonyl (C=O) groups is 1. The van der Waals surface area contributed by atoms with Gasteiger partial charge in [-0.1, -0.05) is 64.5 Å². The molecule has 0 fully saturated rings. The van der Waals surface area contributed by atoms with E-state index in [0.29, 0.717) is 6.42 Å². The number of unbranched alkanes of at least 4 members (excludes halogenated alkanes) is 2. The lowest BCUT2D eigenvalue weighted by atomic mass is 9.79. The number of hydrogen-bond donors (Lipinski definition) is 1. The molecule has 0 aromatic heterocycles. The summed E-state index contributed by atoms with van der Waals surface area (Å²) >= 11 is 0. The third-order valence-corrected chi connectivity index (χ3v) is 11.7. The van der Waals surface area contributed by atoms with Gasteiger partial charge in [0.15, 0.2) is 5.71 Å². The van der Waals surface area contributed by atoms with Gasteiger partial charge in [-0.15, -0.1) is 0 Å². The molecule has 0 spiro atoms. The first-order valence-electron chi connectivity index (χ1n) is 18.5. The van der Waals surface area contributed by atoms with E-state index in [-0.39, 0.29) is 22.7 Å². The van der Waals surface area contributed by atoms with Crippen molar-refractivity contribution in [3.05, 3.63) is 101 Å². The molecule has 6 rings (SSSR count). The van der Waals surface area contributed by atoms with Crippen LogP contribution in [-0.4, -0.2) is 47.5 Å². The van der Waals surface area contributed by atoms with Crippen molar-refractivity contribution in [2.24, 2.45) is 0 Å². The zero-order valence-electron chi connectivity index (χ0n) is 31.3. The van der Waals surface area contributed by atoms with Gasteiger partial charge in [0.05, 0.1) is 5.41 Å². The first-order valence-corrected chi connectivity index (χ1v) is 18.5. The summed E-state index contributed by atoms with van der Waals surface area (Å²) in [5, 5.41) is 9.22. The molecular weight excluding hydrogens is 603 g/mol. The molecule has 5 nitrogen and oxygen atoms in total. The summed E-state index contributed by atoms with van der Waals surface area (Å²) in [6.45, 7) is 24.6. The first kappa shape index (κ1) is 34.7. The molecule has 49 heavy (non-hydrogen) atoms. The van der Waals surface area contributed by atoms with E-state index in [0.717, 1.165) is 39.0 Å². The van der Waals surface area contributed by atoms with E-state index in [9.17, 15) is 9.90 Å². The molecule has 0 radical (unpaired) electrons. The molecular formula is C44H56N3O2+. The number of allylic oxidation sites excluding steroid dienone is 4. The highest BCUT2D eigenvalue weighted by molar-refractivity contribution is 6.03. The number of nitrogens with zero attached hydrogens (tertiary/aromatic N) is 3. The Kier molecular flexibility index (Phi) is 9.19. The third kappa shape index (κ3) is 5.73. The largest absolute Gasteiger partial charge is 0.481 e. The predicted molar refractivity (Wildman–Crippen MR) is 206 cm³/mol. The van der Waals surface area contributed by atoms with Crippen molar-refractivity contribution < 1.29 is 14.5 Å². The van der Waals surface area contributed by atoms with Crippen molar-refractivity contribution in [2.75, 3.05) is 36.0 Å². The van der Waals surface area contributed by atoms with Gasteiger partial charge in [-0.3, -0.25) is 4.79 Å². The van der Waals surface area contributed by atoms with Crippen LogP contribution in [0.4, 0.5) is 17.1 Å². The van der Waals surface area contributed by atoms with E-state index in [2.05, 4.69) is 150 Å². The monoisotopic (exact) mass is 658 g/mol. The van der Waals surface area contributed by atoms with Gasteiger partial charge in [-0.25, -0.2) is 0 Å². The van der Waals surface area contributed by atoms with Crippen LogP contribution in [0.2, 0.25) is 0 Å². The van der Waals surface area contributed by atoms with E-state index in [4.69, 9.17) is 0 Å². The van der Waals surface area contributed by atoms with Crippen LogP contribution >= 0.6 is 0 Å². The number of rotatable bonds is 12. The van der Waals surface area contributed by atoms with Gasteiger partial charge in [-0.05, 0) is 106 Å². The van der Waals surface area contributed by atoms with Crippen LogP contribution in [-0.2, 0) is 21.0 Å². The number of fused-ring (bicyclic) bond motifs is 5. The Morgan fingerprint density at radius 1 is 0.796 bits per heavy atom. The summed E-state index contributed by atoms with van der Waals surface area (Å²) in [4.78, 5) is 16.2. The molecule has 1 aliphatic carbocycles. The van der Waals surface area contributed by atoms with Crippen LogP contribution in [0.15, 0.2) is 78.5 Å². The summed E-state index contributed by atoms with van der Waals surface area (Å²) in [7, 11) is 0. The predicted octanol–water partition coefficient (Wildman–Crippen LogP) is 10.1. The minimum Gasteiger partial charge on any atom is -0.481 e. The molecule has 2 heterocycles. The highest BCUT2D eigenvalue weighted by Crippen LogP contribution is 2.56. The Morgan fingerprint density at radius 3 is 2.22 bits per heavy atom. The molecule has 0 amide bonds. The van der Waals surface area contributed by atoms with Gasteiger partial charge in [0.1, 0.15) is 6.54 Å². The lowest BCUT2D eigenvalue weighted by Crippen LogP contribution is -2.28. The summed E-state index contributed by atoms with van der Waals surface area (Å²) in [6, 6.07) is 20.8. The SMILES string of the molecule is CCN(CC)c1ccc2c(c1)C(C)(C)C(/C=C/C=C1/N(CCCCCC(=O)O)c3cc4c(cc3C1(C)C)-c1ccccc1C4(C)C)=[N+]2CC. The van der Waals surface area contributed by atoms with Gasteiger partial charge >= 0.3 is 5.97 Å². The van der Waals surface area contributed by atoms with Crippen molar-refractivity contribution >= 4 is 28.7 Å². The highest BCUT2D eigenvalue weighted by atomic mass is 16.4. The fourth-order valence-electron chi connectivity index (χ4n) is 8.85. The Bertz CT molecular complexity index is 1870. The van der Waals surface area contributed by atoms with Crippen molar-refractivity contribution in [1.82, 2.24) is 0 Å². The van der Waals surface area contributed by atoms with Crippen molar-refractivity contribution in [3.63, 3.8) is 0 Å². The molecule has 0 atom stereocenters. The number of benzene rings is 3. The summed E-state index contributed by atoms with van der Waals surface area (Å²) in [5.41, 5.74) is 14.4. The molecule has 1 N–H and O–H groups in total. The molecule has 258 valence electrons. The van der Waals surface area contributed by atoms with Crippen molar-refractivity contribution in [3.8, 4) is 11.1 Å². The summed E-state index contributed by atoms with van der Waals surface area (Å²) in [6.07, 6.45) is 9.76. The Morgan fingerprint density at radius 2 is 1.53 bits per heavy atom. The minimum absolute atomic E-state index is 0.0703. The second-order valence-electron chi connectivity index (χ2n) is 15.6. The number of anilines is 2. The molecule has 3 aromatic rings. The molecule has 5 heteroatoms. The average Bonchev–Trinajstić information content (AvgIpc) is 3.52. The van der Waals surface area contributed by atoms with Crippen LogP contribution in [0, 0.1) is 0 Å². The molecule has 0 unspecified atom stereocenters. The van der Waals surface area contributed by atoms with Gasteiger partial charge < -0.3 is 14.9 Å². The highest BCUT2D eigenvalue weighted by Gasteiger charge is 2.46. The van der Waals surface area contributed by atoms with E-state index in [1.807, 2.05) is 0 Å². The zero-order chi connectivity index (χ0) is 35.3. The van der Waals surface area contributed by atoms with E-state index in [1.54, 1.807) is 0 Å². The molecule has 0 bridgehead atoms. The van der Waals surface area contributed by atoms with Crippen LogP contribution in [0.5, 0.6) is 0 Å². The Labute approximate surface area is 294 Å². The maximum atomic E-state index is 11.2.